The van der Waals surface area contributed by atoms with Gasteiger partial charge in [0.15, 0.2) is 0 Å². The standard InChI is InChI=1S/C35H41FN2O5/c1-21(35(39)40)34(23-7-8-23)25-9-6-22-11-13-31(43-32(22)16-25)24-10-12-28(29-17-33(42-3)37-18-30(29)36)26(15-24)19-38-14-4-5-27(38)20-41-2/h6,9-10,12,15-18,21,23,27,31,34H,4-5,7-8,11,13-14,19-20H2,1-3H3,(H,39,40)/t21-,27-,31?,34-/m0/s1. The van der Waals surface area contributed by atoms with Crippen LogP contribution in [0.5, 0.6) is 11.6 Å². The highest BCUT2D eigenvalue weighted by molar-refractivity contribution is 5.71. The maximum absolute atomic E-state index is 15.2. The molecule has 2 aromatic carbocycles. The van der Waals surface area contributed by atoms with E-state index in [1.54, 1.807) is 13.2 Å². The van der Waals surface area contributed by atoms with Crippen molar-refractivity contribution in [3.05, 3.63) is 76.7 Å². The molecule has 3 heterocycles. The van der Waals surface area contributed by atoms with Crippen LogP contribution in [0.3, 0.4) is 0 Å². The van der Waals surface area contributed by atoms with Gasteiger partial charge >= 0.3 is 5.97 Å². The Labute approximate surface area is 253 Å². The highest BCUT2D eigenvalue weighted by atomic mass is 19.1. The molecule has 7 nitrogen and oxygen atoms in total. The number of aromatic nitrogens is 1. The molecule has 1 aliphatic carbocycles. The summed E-state index contributed by atoms with van der Waals surface area (Å²) in [6, 6.07) is 14.5. The molecule has 1 saturated heterocycles. The molecular formula is C35H41FN2O5. The number of carbonyl (C=O) groups is 1. The summed E-state index contributed by atoms with van der Waals surface area (Å²) in [7, 11) is 3.27. The smallest absolute Gasteiger partial charge is 0.306 e. The molecular weight excluding hydrogens is 547 g/mol. The van der Waals surface area contributed by atoms with E-state index in [0.717, 1.165) is 78.6 Å². The zero-order chi connectivity index (χ0) is 30.1. The fraction of sp³-hybridized carbons (Fsp3) is 0.486. The fourth-order valence-electron chi connectivity index (χ4n) is 7.05. The molecule has 8 heteroatoms. The Balaban J connectivity index is 1.32. The number of aliphatic carboxylic acids is 1. The highest BCUT2D eigenvalue weighted by Gasteiger charge is 2.39. The molecule has 4 atom stereocenters. The van der Waals surface area contributed by atoms with Gasteiger partial charge in [0.2, 0.25) is 5.88 Å². The number of halogens is 1. The van der Waals surface area contributed by atoms with Gasteiger partial charge in [0, 0.05) is 31.3 Å². The Morgan fingerprint density at radius 1 is 1.12 bits per heavy atom. The van der Waals surface area contributed by atoms with Crippen molar-refractivity contribution in [2.75, 3.05) is 27.4 Å². The maximum Gasteiger partial charge on any atom is 0.306 e. The van der Waals surface area contributed by atoms with Crippen LogP contribution in [-0.2, 0) is 22.5 Å². The summed E-state index contributed by atoms with van der Waals surface area (Å²) in [5.41, 5.74) is 5.57. The molecule has 1 unspecified atom stereocenters. The first-order valence-electron chi connectivity index (χ1n) is 15.4. The molecule has 3 aromatic rings. The lowest BCUT2D eigenvalue weighted by Crippen LogP contribution is -2.32. The van der Waals surface area contributed by atoms with Crippen LogP contribution in [0.4, 0.5) is 4.39 Å². The molecule has 43 heavy (non-hydrogen) atoms. The molecule has 228 valence electrons. The van der Waals surface area contributed by atoms with Crippen LogP contribution in [0.15, 0.2) is 48.7 Å². The van der Waals surface area contributed by atoms with Gasteiger partial charge in [-0.25, -0.2) is 9.37 Å². The number of likely N-dealkylation sites (tertiary alicyclic amines) is 1. The monoisotopic (exact) mass is 588 g/mol. The second-order valence-corrected chi connectivity index (χ2v) is 12.3. The molecule has 6 rings (SSSR count). The third-order valence-corrected chi connectivity index (χ3v) is 9.54. The van der Waals surface area contributed by atoms with Gasteiger partial charge in [-0.1, -0.05) is 37.3 Å². The van der Waals surface area contributed by atoms with Crippen molar-refractivity contribution in [2.24, 2.45) is 11.8 Å². The van der Waals surface area contributed by atoms with Crippen LogP contribution in [0.1, 0.15) is 73.3 Å². The van der Waals surface area contributed by atoms with E-state index in [1.807, 2.05) is 19.1 Å². The number of aryl methyl sites for hydroxylation is 1. The van der Waals surface area contributed by atoms with E-state index >= 15 is 4.39 Å². The molecule has 3 aliphatic rings. The van der Waals surface area contributed by atoms with Crippen LogP contribution < -0.4 is 9.47 Å². The quantitative estimate of drug-likeness (QED) is 0.264. The lowest BCUT2D eigenvalue weighted by Gasteiger charge is -2.30. The molecule has 1 saturated carbocycles. The number of hydrogen-bond donors (Lipinski definition) is 1. The number of carboxylic acids is 1. The third-order valence-electron chi connectivity index (χ3n) is 9.54. The van der Waals surface area contributed by atoms with Gasteiger partial charge in [-0.05, 0) is 90.8 Å². The zero-order valence-electron chi connectivity index (χ0n) is 25.2. The van der Waals surface area contributed by atoms with Crippen LogP contribution in [0.2, 0.25) is 0 Å². The summed E-state index contributed by atoms with van der Waals surface area (Å²) in [5.74, 6) is 0.0289. The Hall–Kier alpha value is -3.49. The molecule has 1 N–H and O–H groups in total. The maximum atomic E-state index is 15.2. The van der Waals surface area contributed by atoms with Gasteiger partial charge in [-0.2, -0.15) is 0 Å². The van der Waals surface area contributed by atoms with Crippen LogP contribution in [-0.4, -0.2) is 54.4 Å². The topological polar surface area (TPSA) is 81.1 Å². The predicted molar refractivity (Wildman–Crippen MR) is 162 cm³/mol. The average Bonchev–Trinajstić information content (AvgIpc) is 3.76. The van der Waals surface area contributed by atoms with Gasteiger partial charge in [0.1, 0.15) is 17.7 Å². The molecule has 0 radical (unpaired) electrons. The predicted octanol–water partition coefficient (Wildman–Crippen LogP) is 6.79. The fourth-order valence-corrected chi connectivity index (χ4v) is 7.05. The summed E-state index contributed by atoms with van der Waals surface area (Å²) in [6.07, 6.45) is 7.09. The van der Waals surface area contributed by atoms with E-state index in [-0.39, 0.29) is 17.8 Å². The van der Waals surface area contributed by atoms with E-state index in [1.165, 1.54) is 13.3 Å². The summed E-state index contributed by atoms with van der Waals surface area (Å²) in [5, 5.41) is 9.77. The molecule has 0 bridgehead atoms. The van der Waals surface area contributed by atoms with Crippen molar-refractivity contribution in [1.29, 1.82) is 0 Å². The van der Waals surface area contributed by atoms with Crippen molar-refractivity contribution >= 4 is 5.97 Å². The van der Waals surface area contributed by atoms with Crippen LogP contribution in [0.25, 0.3) is 11.1 Å². The number of rotatable bonds is 11. The van der Waals surface area contributed by atoms with Gasteiger partial charge in [0.05, 0.1) is 25.8 Å². The summed E-state index contributed by atoms with van der Waals surface area (Å²) in [4.78, 5) is 18.4. The van der Waals surface area contributed by atoms with E-state index in [0.29, 0.717) is 36.6 Å². The number of carboxylic acid groups (broad SMARTS) is 1. The van der Waals surface area contributed by atoms with Gasteiger partial charge in [-0.15, -0.1) is 0 Å². The summed E-state index contributed by atoms with van der Waals surface area (Å²) >= 11 is 0. The average molecular weight is 589 g/mol. The molecule has 0 spiro atoms. The number of hydrogen-bond acceptors (Lipinski definition) is 6. The third kappa shape index (κ3) is 6.27. The molecule has 2 aliphatic heterocycles. The first-order valence-corrected chi connectivity index (χ1v) is 15.4. The lowest BCUT2D eigenvalue weighted by molar-refractivity contribution is -0.142. The van der Waals surface area contributed by atoms with E-state index in [2.05, 4.69) is 34.1 Å². The van der Waals surface area contributed by atoms with Crippen LogP contribution >= 0.6 is 0 Å². The van der Waals surface area contributed by atoms with Crippen LogP contribution in [0, 0.1) is 17.7 Å². The lowest BCUT2D eigenvalue weighted by atomic mass is 9.82. The number of pyridine rings is 1. The van der Waals surface area contributed by atoms with E-state index < -0.39 is 11.9 Å². The molecule has 0 amide bonds. The first kappa shape index (κ1) is 29.6. The van der Waals surface area contributed by atoms with Gasteiger partial charge in [0.25, 0.3) is 0 Å². The van der Waals surface area contributed by atoms with Gasteiger partial charge < -0.3 is 19.3 Å². The van der Waals surface area contributed by atoms with Crippen molar-refractivity contribution < 1.29 is 28.5 Å². The minimum atomic E-state index is -0.755. The van der Waals surface area contributed by atoms with Crippen molar-refractivity contribution in [2.45, 2.75) is 70.1 Å². The Morgan fingerprint density at radius 2 is 1.95 bits per heavy atom. The number of methoxy groups -OCH3 is 2. The minimum Gasteiger partial charge on any atom is -0.485 e. The minimum absolute atomic E-state index is 0.00887. The molecule has 2 fully saturated rings. The normalized spacial score (nSPS) is 21.6. The highest BCUT2D eigenvalue weighted by Crippen LogP contribution is 2.48. The first-order chi connectivity index (χ1) is 20.9. The van der Waals surface area contributed by atoms with E-state index in [4.69, 9.17) is 14.2 Å². The Morgan fingerprint density at radius 3 is 2.70 bits per heavy atom. The summed E-state index contributed by atoms with van der Waals surface area (Å²) in [6.45, 7) is 4.12. The van der Waals surface area contributed by atoms with Crippen molar-refractivity contribution in [3.63, 3.8) is 0 Å². The largest absolute Gasteiger partial charge is 0.485 e. The van der Waals surface area contributed by atoms with Crippen molar-refractivity contribution in [1.82, 2.24) is 9.88 Å². The number of ether oxygens (including phenoxy) is 3. The van der Waals surface area contributed by atoms with Crippen molar-refractivity contribution in [3.8, 4) is 22.8 Å². The Kier molecular flexibility index (Phi) is 8.68. The number of nitrogens with zero attached hydrogens (tertiary/aromatic N) is 2. The summed E-state index contributed by atoms with van der Waals surface area (Å²) < 4.78 is 32.6. The second-order valence-electron chi connectivity index (χ2n) is 12.3. The SMILES string of the molecule is COC[C@@H]1CCCN1Cc1cc(C2CCc3ccc([C@H](C4CC4)[C@H](C)C(=O)O)cc3O2)ccc1-c1cc(OC)ncc1F. The van der Waals surface area contributed by atoms with E-state index in [9.17, 15) is 9.90 Å². The molecule has 1 aromatic heterocycles. The van der Waals surface area contributed by atoms with Gasteiger partial charge in [-0.3, -0.25) is 9.69 Å². The number of benzene rings is 2. The zero-order valence-corrected chi connectivity index (χ0v) is 25.2. The Bertz CT molecular complexity index is 1470. The second kappa shape index (κ2) is 12.6. The number of fused-ring (bicyclic) bond motifs is 1.